The van der Waals surface area contributed by atoms with Gasteiger partial charge < -0.3 is 9.84 Å². The zero-order chi connectivity index (χ0) is 12.6. The summed E-state index contributed by atoms with van der Waals surface area (Å²) < 4.78 is 30.7. The zero-order valence-electron chi connectivity index (χ0n) is 9.30. The summed E-state index contributed by atoms with van der Waals surface area (Å²) in [6.45, 7) is 1.78. The van der Waals surface area contributed by atoms with Gasteiger partial charge in [0.2, 0.25) is 0 Å². The van der Waals surface area contributed by atoms with Crippen LogP contribution in [0.2, 0.25) is 0 Å². The lowest BCUT2D eigenvalue weighted by Gasteiger charge is -2.19. The van der Waals surface area contributed by atoms with Crippen molar-refractivity contribution >= 4 is 5.97 Å². The van der Waals surface area contributed by atoms with Gasteiger partial charge in [-0.3, -0.25) is 0 Å². The molecule has 92 valence electrons. The van der Waals surface area contributed by atoms with Crippen molar-refractivity contribution in [3.05, 3.63) is 34.9 Å². The number of carbonyl (C=O) groups excluding carboxylic acids is 1. The van der Waals surface area contributed by atoms with E-state index in [1.165, 1.54) is 0 Å². The largest absolute Gasteiger partial charge is 0.464 e. The number of fused-ring (bicyclic) bond motifs is 1. The molecule has 0 amide bonds. The number of rotatable bonds is 2. The van der Waals surface area contributed by atoms with Gasteiger partial charge in [-0.2, -0.15) is 0 Å². The van der Waals surface area contributed by atoms with Gasteiger partial charge in [0.25, 0.3) is 0 Å². The Morgan fingerprint density at radius 1 is 1.35 bits per heavy atom. The van der Waals surface area contributed by atoms with Gasteiger partial charge in [-0.05, 0) is 30.2 Å². The smallest absolute Gasteiger partial charge is 0.338 e. The molecule has 0 aromatic heterocycles. The summed E-state index contributed by atoms with van der Waals surface area (Å²) in [6, 6.07) is 2.03. The van der Waals surface area contributed by atoms with Crippen LogP contribution in [0.15, 0.2) is 12.1 Å². The molecule has 0 saturated carbocycles. The van der Waals surface area contributed by atoms with E-state index in [9.17, 15) is 18.7 Å². The average molecular weight is 242 g/mol. The molecule has 0 saturated heterocycles. The number of halogens is 2. The molecule has 0 fully saturated rings. The molecule has 1 N–H and O–H groups in total. The highest BCUT2D eigenvalue weighted by molar-refractivity contribution is 5.81. The van der Waals surface area contributed by atoms with Gasteiger partial charge in [-0.15, -0.1) is 0 Å². The first-order chi connectivity index (χ1) is 7.96. The third kappa shape index (κ3) is 2.02. The normalized spacial score (nSPS) is 16.7. The van der Waals surface area contributed by atoms with Crippen molar-refractivity contribution in [1.82, 2.24) is 0 Å². The van der Waals surface area contributed by atoms with Crippen molar-refractivity contribution in [1.29, 1.82) is 0 Å². The van der Waals surface area contributed by atoms with Crippen molar-refractivity contribution in [2.45, 2.75) is 25.4 Å². The van der Waals surface area contributed by atoms with Crippen molar-refractivity contribution in [2.75, 3.05) is 6.61 Å². The molecule has 1 aliphatic rings. The van der Waals surface area contributed by atoms with E-state index in [1.807, 2.05) is 0 Å². The summed E-state index contributed by atoms with van der Waals surface area (Å²) in [5.74, 6) is -2.70. The molecule has 0 atom stereocenters. The maximum Gasteiger partial charge on any atom is 0.338 e. The van der Waals surface area contributed by atoms with E-state index in [0.717, 1.165) is 12.1 Å². The number of hydrogen-bond acceptors (Lipinski definition) is 3. The fourth-order valence-corrected chi connectivity index (χ4v) is 2.06. The van der Waals surface area contributed by atoms with E-state index in [1.54, 1.807) is 6.92 Å². The van der Waals surface area contributed by atoms with Crippen LogP contribution in [-0.2, 0) is 22.4 Å². The maximum atomic E-state index is 13.0. The standard InChI is InChI=1S/C12H12F2O3/c1-2-17-11(15)12(16)5-7-3-9(13)10(14)4-8(7)6-12/h3-4,16H,2,5-6H2,1H3. The van der Waals surface area contributed by atoms with E-state index < -0.39 is 23.2 Å². The zero-order valence-corrected chi connectivity index (χ0v) is 9.30. The molecule has 2 rings (SSSR count). The van der Waals surface area contributed by atoms with Crippen LogP contribution in [0, 0.1) is 11.6 Å². The van der Waals surface area contributed by atoms with Gasteiger partial charge in [-0.25, -0.2) is 13.6 Å². The fourth-order valence-electron chi connectivity index (χ4n) is 2.06. The molecule has 1 aliphatic carbocycles. The molecular weight excluding hydrogens is 230 g/mol. The lowest BCUT2D eigenvalue weighted by molar-refractivity contribution is -0.163. The highest BCUT2D eigenvalue weighted by Gasteiger charge is 2.43. The van der Waals surface area contributed by atoms with Crippen LogP contribution in [0.5, 0.6) is 0 Å². The molecule has 0 bridgehead atoms. The molecule has 1 aromatic rings. The number of aliphatic hydroxyl groups is 1. The molecule has 0 heterocycles. The number of ether oxygens (including phenoxy) is 1. The van der Waals surface area contributed by atoms with E-state index in [4.69, 9.17) is 4.74 Å². The van der Waals surface area contributed by atoms with Crippen LogP contribution in [0.4, 0.5) is 8.78 Å². The van der Waals surface area contributed by atoms with E-state index in [2.05, 4.69) is 0 Å². The predicted octanol–water partition coefficient (Wildman–Crippen LogP) is 1.36. The highest BCUT2D eigenvalue weighted by Crippen LogP contribution is 2.32. The quantitative estimate of drug-likeness (QED) is 0.796. The number of hydrogen-bond donors (Lipinski definition) is 1. The highest BCUT2D eigenvalue weighted by atomic mass is 19.2. The Balaban J connectivity index is 2.29. The molecule has 3 nitrogen and oxygen atoms in total. The number of esters is 1. The molecule has 0 spiro atoms. The van der Waals surface area contributed by atoms with Crippen LogP contribution in [-0.4, -0.2) is 23.3 Å². The van der Waals surface area contributed by atoms with Gasteiger partial charge in [-0.1, -0.05) is 0 Å². The lowest BCUT2D eigenvalue weighted by Crippen LogP contribution is -2.40. The van der Waals surface area contributed by atoms with Crippen molar-refractivity contribution < 1.29 is 23.4 Å². The lowest BCUT2D eigenvalue weighted by atomic mass is 10.0. The Morgan fingerprint density at radius 3 is 2.24 bits per heavy atom. The Kier molecular flexibility index (Phi) is 2.87. The maximum absolute atomic E-state index is 13.0. The van der Waals surface area contributed by atoms with Crippen molar-refractivity contribution in [3.63, 3.8) is 0 Å². The van der Waals surface area contributed by atoms with E-state index in [0.29, 0.717) is 11.1 Å². The van der Waals surface area contributed by atoms with Crippen LogP contribution in [0.25, 0.3) is 0 Å². The molecule has 0 radical (unpaired) electrons. The van der Waals surface area contributed by atoms with Crippen molar-refractivity contribution in [2.24, 2.45) is 0 Å². The molecule has 0 aliphatic heterocycles. The Morgan fingerprint density at radius 2 is 1.82 bits per heavy atom. The van der Waals surface area contributed by atoms with Crippen LogP contribution < -0.4 is 0 Å². The van der Waals surface area contributed by atoms with Crippen LogP contribution >= 0.6 is 0 Å². The second-order valence-corrected chi connectivity index (χ2v) is 4.14. The fraction of sp³-hybridized carbons (Fsp3) is 0.417. The van der Waals surface area contributed by atoms with E-state index in [-0.39, 0.29) is 19.4 Å². The second kappa shape index (κ2) is 4.07. The number of carbonyl (C=O) groups is 1. The van der Waals surface area contributed by atoms with Gasteiger partial charge in [0.1, 0.15) is 0 Å². The van der Waals surface area contributed by atoms with Crippen molar-refractivity contribution in [3.8, 4) is 0 Å². The summed E-state index contributed by atoms with van der Waals surface area (Å²) in [6.07, 6.45) is -0.0866. The van der Waals surface area contributed by atoms with Crippen LogP contribution in [0.3, 0.4) is 0 Å². The Labute approximate surface area is 97.0 Å². The minimum atomic E-state index is -1.70. The first-order valence-corrected chi connectivity index (χ1v) is 5.32. The predicted molar refractivity (Wildman–Crippen MR) is 55.3 cm³/mol. The van der Waals surface area contributed by atoms with E-state index >= 15 is 0 Å². The first-order valence-electron chi connectivity index (χ1n) is 5.32. The Hall–Kier alpha value is -1.49. The SMILES string of the molecule is CCOC(=O)C1(O)Cc2cc(F)c(F)cc2C1. The third-order valence-electron chi connectivity index (χ3n) is 2.86. The minimum absolute atomic E-state index is 0.0433. The van der Waals surface area contributed by atoms with Gasteiger partial charge >= 0.3 is 5.97 Å². The van der Waals surface area contributed by atoms with Gasteiger partial charge in [0.05, 0.1) is 6.61 Å². The monoisotopic (exact) mass is 242 g/mol. The Bertz CT molecular complexity index is 440. The van der Waals surface area contributed by atoms with Crippen LogP contribution in [0.1, 0.15) is 18.1 Å². The summed E-state index contributed by atoms with van der Waals surface area (Å²) in [5.41, 5.74) is -0.808. The molecule has 5 heteroatoms. The molecule has 17 heavy (non-hydrogen) atoms. The summed E-state index contributed by atoms with van der Waals surface area (Å²) >= 11 is 0. The molecule has 0 unspecified atom stereocenters. The van der Waals surface area contributed by atoms with Gasteiger partial charge in [0, 0.05) is 12.8 Å². The summed E-state index contributed by atoms with van der Waals surface area (Å²) in [4.78, 5) is 11.5. The third-order valence-corrected chi connectivity index (χ3v) is 2.86. The summed E-state index contributed by atoms with van der Waals surface area (Å²) in [7, 11) is 0. The first kappa shape index (κ1) is 12.0. The van der Waals surface area contributed by atoms with Gasteiger partial charge in [0.15, 0.2) is 17.2 Å². The number of benzene rings is 1. The summed E-state index contributed by atoms with van der Waals surface area (Å²) in [5, 5.41) is 10.1. The molecule has 1 aromatic carbocycles. The average Bonchev–Trinajstić information content (AvgIpc) is 2.57. The second-order valence-electron chi connectivity index (χ2n) is 4.14. The minimum Gasteiger partial charge on any atom is -0.464 e. The molecular formula is C12H12F2O3. The topological polar surface area (TPSA) is 46.5 Å².